The average molecular weight is 526 g/mol. The van der Waals surface area contributed by atoms with Crippen LogP contribution in [0, 0.1) is 0 Å². The molecule has 0 spiro atoms. The minimum Gasteiger partial charge on any atom is -0.456 e. The van der Waals surface area contributed by atoms with Crippen molar-refractivity contribution < 1.29 is 4.42 Å². The quantitative estimate of drug-likeness (QED) is 0.230. The molecule has 0 fully saturated rings. The summed E-state index contributed by atoms with van der Waals surface area (Å²) in [6.07, 6.45) is 0. The first-order valence-corrected chi connectivity index (χ1v) is 13.6. The van der Waals surface area contributed by atoms with Crippen molar-refractivity contribution in [2.45, 2.75) is 0 Å². The smallest absolute Gasteiger partial charge is 0.164 e. The fourth-order valence-electron chi connectivity index (χ4n) is 5.50. The number of aromatic nitrogens is 3. The Balaban J connectivity index is 1.28. The molecule has 0 aliphatic rings. The number of benzene rings is 6. The lowest BCUT2D eigenvalue weighted by molar-refractivity contribution is 0.669. The zero-order valence-corrected chi connectivity index (χ0v) is 22.0. The van der Waals surface area contributed by atoms with Crippen LogP contribution in [0.2, 0.25) is 0 Å². The molecule has 0 atom stereocenters. The van der Waals surface area contributed by atoms with Gasteiger partial charge in [-0.25, -0.2) is 15.0 Å². The van der Waals surface area contributed by atoms with Gasteiger partial charge in [0.1, 0.15) is 11.2 Å². The van der Waals surface area contributed by atoms with Gasteiger partial charge < -0.3 is 4.42 Å². The highest BCUT2D eigenvalue weighted by molar-refractivity contribution is 6.19. The van der Waals surface area contributed by atoms with Gasteiger partial charge in [0.25, 0.3) is 0 Å². The van der Waals surface area contributed by atoms with E-state index in [1.165, 1.54) is 10.8 Å². The summed E-state index contributed by atoms with van der Waals surface area (Å²) in [6.45, 7) is 0. The highest BCUT2D eigenvalue weighted by atomic mass is 16.3. The zero-order valence-electron chi connectivity index (χ0n) is 22.0. The van der Waals surface area contributed by atoms with Gasteiger partial charge in [-0.3, -0.25) is 0 Å². The Labute approximate surface area is 236 Å². The first-order valence-electron chi connectivity index (χ1n) is 13.6. The Morgan fingerprint density at radius 1 is 0.366 bits per heavy atom. The van der Waals surface area contributed by atoms with Gasteiger partial charge in [0.15, 0.2) is 17.5 Å². The van der Waals surface area contributed by atoms with Crippen molar-refractivity contribution >= 4 is 32.7 Å². The van der Waals surface area contributed by atoms with E-state index < -0.39 is 0 Å². The summed E-state index contributed by atoms with van der Waals surface area (Å²) < 4.78 is 6.23. The molecule has 4 heteroatoms. The van der Waals surface area contributed by atoms with Gasteiger partial charge in [-0.1, -0.05) is 115 Å². The van der Waals surface area contributed by atoms with Crippen molar-refractivity contribution in [1.29, 1.82) is 0 Å². The number of nitrogens with zero attached hydrogens (tertiary/aromatic N) is 3. The molecule has 0 saturated carbocycles. The van der Waals surface area contributed by atoms with Crippen LogP contribution in [0.5, 0.6) is 0 Å². The van der Waals surface area contributed by atoms with Crippen LogP contribution in [-0.4, -0.2) is 15.0 Å². The Hall–Kier alpha value is -5.61. The molecule has 2 aromatic heterocycles. The number of rotatable bonds is 4. The van der Waals surface area contributed by atoms with E-state index >= 15 is 0 Å². The van der Waals surface area contributed by atoms with Crippen molar-refractivity contribution in [3.8, 4) is 45.3 Å². The van der Waals surface area contributed by atoms with Crippen LogP contribution in [0.3, 0.4) is 0 Å². The van der Waals surface area contributed by atoms with Crippen molar-refractivity contribution in [1.82, 2.24) is 15.0 Å². The van der Waals surface area contributed by atoms with Gasteiger partial charge in [0, 0.05) is 27.5 Å². The molecule has 6 aromatic carbocycles. The second kappa shape index (κ2) is 9.54. The first-order chi connectivity index (χ1) is 20.3. The topological polar surface area (TPSA) is 51.8 Å². The van der Waals surface area contributed by atoms with Crippen LogP contribution in [0.4, 0.5) is 0 Å². The summed E-state index contributed by atoms with van der Waals surface area (Å²) >= 11 is 0. The predicted molar refractivity (Wildman–Crippen MR) is 166 cm³/mol. The van der Waals surface area contributed by atoms with Gasteiger partial charge in [-0.05, 0) is 46.2 Å². The molecule has 8 rings (SSSR count). The van der Waals surface area contributed by atoms with Gasteiger partial charge >= 0.3 is 0 Å². The first kappa shape index (κ1) is 23.3. The lowest BCUT2D eigenvalue weighted by atomic mass is 9.99. The third kappa shape index (κ3) is 4.14. The Kier molecular flexibility index (Phi) is 5.42. The fourth-order valence-corrected chi connectivity index (χ4v) is 5.50. The maximum Gasteiger partial charge on any atom is 0.164 e. The highest BCUT2D eigenvalue weighted by Gasteiger charge is 2.14. The van der Waals surface area contributed by atoms with Crippen LogP contribution in [0.1, 0.15) is 0 Å². The summed E-state index contributed by atoms with van der Waals surface area (Å²) in [7, 11) is 0. The van der Waals surface area contributed by atoms with E-state index in [4.69, 9.17) is 19.4 Å². The molecule has 0 radical (unpaired) electrons. The Morgan fingerprint density at radius 2 is 0.927 bits per heavy atom. The standard InChI is InChI=1S/C37H23N3O/c1-3-11-25(12-4-1)35-38-36(26-13-5-2-6-14-26)40-37(39-35)29-16-9-15-27(22-29)28-19-20-32-31(23-28)34-30-17-8-7-10-24(30)18-21-33(34)41-32/h1-23H. The van der Waals surface area contributed by atoms with Crippen LogP contribution in [0.25, 0.3) is 78.0 Å². The Bertz CT molecular complexity index is 2140. The molecular formula is C37H23N3O. The second-order valence-electron chi connectivity index (χ2n) is 10.1. The third-order valence-corrected chi connectivity index (χ3v) is 7.51. The molecular weight excluding hydrogens is 502 g/mol. The number of hydrogen-bond donors (Lipinski definition) is 0. The normalized spacial score (nSPS) is 11.4. The lowest BCUT2D eigenvalue weighted by Gasteiger charge is -2.10. The van der Waals surface area contributed by atoms with E-state index in [-0.39, 0.29) is 0 Å². The molecule has 0 aliphatic heterocycles. The number of furan rings is 1. The van der Waals surface area contributed by atoms with Crippen LogP contribution in [0.15, 0.2) is 144 Å². The summed E-state index contributed by atoms with van der Waals surface area (Å²) in [5.41, 5.74) is 6.81. The maximum absolute atomic E-state index is 6.23. The van der Waals surface area contributed by atoms with Crippen molar-refractivity contribution in [3.63, 3.8) is 0 Å². The molecule has 4 nitrogen and oxygen atoms in total. The van der Waals surface area contributed by atoms with Gasteiger partial charge in [-0.15, -0.1) is 0 Å². The van der Waals surface area contributed by atoms with Crippen molar-refractivity contribution in [3.05, 3.63) is 140 Å². The van der Waals surface area contributed by atoms with E-state index in [2.05, 4.69) is 78.9 Å². The molecule has 2 heterocycles. The van der Waals surface area contributed by atoms with E-state index in [0.717, 1.165) is 49.8 Å². The minimum atomic E-state index is 0.639. The van der Waals surface area contributed by atoms with Gasteiger partial charge in [-0.2, -0.15) is 0 Å². The van der Waals surface area contributed by atoms with E-state index in [1.54, 1.807) is 0 Å². The minimum absolute atomic E-state index is 0.639. The summed E-state index contributed by atoms with van der Waals surface area (Å²) in [5, 5.41) is 4.65. The number of fused-ring (bicyclic) bond motifs is 5. The Morgan fingerprint density at radius 3 is 1.66 bits per heavy atom. The van der Waals surface area contributed by atoms with Crippen LogP contribution in [-0.2, 0) is 0 Å². The fraction of sp³-hybridized carbons (Fsp3) is 0. The molecule has 0 amide bonds. The van der Waals surface area contributed by atoms with Gasteiger partial charge in [0.05, 0.1) is 0 Å². The maximum atomic E-state index is 6.23. The van der Waals surface area contributed by atoms with Crippen molar-refractivity contribution in [2.24, 2.45) is 0 Å². The summed E-state index contributed by atoms with van der Waals surface area (Å²) in [4.78, 5) is 14.7. The van der Waals surface area contributed by atoms with E-state index in [0.29, 0.717) is 17.5 Å². The lowest BCUT2D eigenvalue weighted by Crippen LogP contribution is -2.00. The molecule has 41 heavy (non-hydrogen) atoms. The predicted octanol–water partition coefficient (Wildman–Crippen LogP) is 9.59. The molecule has 0 bridgehead atoms. The van der Waals surface area contributed by atoms with E-state index in [9.17, 15) is 0 Å². The monoisotopic (exact) mass is 525 g/mol. The zero-order chi connectivity index (χ0) is 27.2. The van der Waals surface area contributed by atoms with Gasteiger partial charge in [0.2, 0.25) is 0 Å². The molecule has 192 valence electrons. The molecule has 0 aliphatic carbocycles. The SMILES string of the molecule is c1ccc(-c2nc(-c3ccccc3)nc(-c3cccc(-c4ccc5oc6ccc7ccccc7c6c5c4)c3)n2)cc1. The largest absolute Gasteiger partial charge is 0.456 e. The molecule has 8 aromatic rings. The average Bonchev–Trinajstić information content (AvgIpc) is 3.44. The molecule has 0 unspecified atom stereocenters. The molecule has 0 N–H and O–H groups in total. The third-order valence-electron chi connectivity index (χ3n) is 7.51. The molecule has 0 saturated heterocycles. The van der Waals surface area contributed by atoms with Crippen LogP contribution >= 0.6 is 0 Å². The summed E-state index contributed by atoms with van der Waals surface area (Å²) in [5.74, 6) is 1.94. The van der Waals surface area contributed by atoms with Crippen molar-refractivity contribution in [2.75, 3.05) is 0 Å². The number of hydrogen-bond acceptors (Lipinski definition) is 4. The van der Waals surface area contributed by atoms with Crippen LogP contribution < -0.4 is 0 Å². The summed E-state index contributed by atoms with van der Waals surface area (Å²) in [6, 6.07) is 47.5. The second-order valence-corrected chi connectivity index (χ2v) is 10.1. The highest BCUT2D eigenvalue weighted by Crippen LogP contribution is 2.37. The van der Waals surface area contributed by atoms with E-state index in [1.807, 2.05) is 60.7 Å².